The minimum Gasteiger partial charge on any atom is -0.452 e. The number of benzene rings is 1. The summed E-state index contributed by atoms with van der Waals surface area (Å²) in [6.07, 6.45) is 0.755. The number of carbonyl (C=O) groups is 3. The van der Waals surface area contributed by atoms with E-state index in [-0.39, 0.29) is 29.5 Å². The zero-order valence-corrected chi connectivity index (χ0v) is 16.8. The minimum atomic E-state index is -0.652. The number of para-hydroxylation sites is 1. The molecule has 1 aromatic carbocycles. The van der Waals surface area contributed by atoms with Gasteiger partial charge < -0.3 is 15.0 Å². The van der Waals surface area contributed by atoms with Gasteiger partial charge in [0.1, 0.15) is 0 Å². The second-order valence-electron chi connectivity index (χ2n) is 6.72. The summed E-state index contributed by atoms with van der Waals surface area (Å²) in [7, 11) is 1.60. The maximum Gasteiger partial charge on any atom is 0.340 e. The summed E-state index contributed by atoms with van der Waals surface area (Å²) in [6, 6.07) is 10.2. The van der Waals surface area contributed by atoms with Gasteiger partial charge in [0.15, 0.2) is 6.61 Å². The van der Waals surface area contributed by atoms with Crippen molar-refractivity contribution in [1.29, 1.82) is 0 Å². The summed E-state index contributed by atoms with van der Waals surface area (Å²) in [5.74, 6) is -1.23. The molecule has 6 nitrogen and oxygen atoms in total. The lowest BCUT2D eigenvalue weighted by Crippen LogP contribution is -2.44. The minimum absolute atomic E-state index is 0.215. The van der Waals surface area contributed by atoms with Gasteiger partial charge in [-0.25, -0.2) is 4.79 Å². The van der Waals surface area contributed by atoms with Crippen molar-refractivity contribution in [3.05, 3.63) is 52.2 Å². The normalized spacial score (nSPS) is 11.0. The fraction of sp³-hybridized carbons (Fsp3) is 0.350. The van der Waals surface area contributed by atoms with Crippen LogP contribution in [0.2, 0.25) is 0 Å². The van der Waals surface area contributed by atoms with Crippen molar-refractivity contribution >= 4 is 34.8 Å². The van der Waals surface area contributed by atoms with Crippen LogP contribution in [0.3, 0.4) is 0 Å². The SMILES string of the molecule is CCC(C)(C)NC(=O)COC(=O)c1ccccc1N(C)C(=O)c1cccs1. The van der Waals surface area contributed by atoms with Gasteiger partial charge in [-0.1, -0.05) is 25.1 Å². The van der Waals surface area contributed by atoms with Crippen LogP contribution >= 0.6 is 11.3 Å². The van der Waals surface area contributed by atoms with E-state index in [4.69, 9.17) is 4.74 Å². The van der Waals surface area contributed by atoms with Crippen LogP contribution in [0.15, 0.2) is 41.8 Å². The summed E-state index contributed by atoms with van der Waals surface area (Å²) >= 11 is 1.33. The average molecular weight is 388 g/mol. The molecule has 0 saturated heterocycles. The highest BCUT2D eigenvalue weighted by atomic mass is 32.1. The predicted molar refractivity (Wildman–Crippen MR) is 106 cm³/mol. The Balaban J connectivity index is 2.09. The summed E-state index contributed by atoms with van der Waals surface area (Å²) in [5, 5.41) is 4.62. The number of nitrogens with zero attached hydrogens (tertiary/aromatic N) is 1. The molecule has 0 fully saturated rings. The van der Waals surface area contributed by atoms with E-state index in [0.717, 1.165) is 6.42 Å². The Morgan fingerprint density at radius 3 is 2.48 bits per heavy atom. The number of hydrogen-bond donors (Lipinski definition) is 1. The van der Waals surface area contributed by atoms with Crippen molar-refractivity contribution in [3.8, 4) is 0 Å². The summed E-state index contributed by atoms with van der Waals surface area (Å²) < 4.78 is 5.16. The van der Waals surface area contributed by atoms with Crippen LogP contribution in [0, 0.1) is 0 Å². The van der Waals surface area contributed by atoms with Gasteiger partial charge in [0.25, 0.3) is 11.8 Å². The van der Waals surface area contributed by atoms with Crippen LogP contribution in [-0.4, -0.2) is 37.0 Å². The molecule has 0 spiro atoms. The van der Waals surface area contributed by atoms with E-state index in [2.05, 4.69) is 5.32 Å². The maximum absolute atomic E-state index is 12.6. The van der Waals surface area contributed by atoms with E-state index in [1.54, 1.807) is 43.4 Å². The van der Waals surface area contributed by atoms with E-state index in [1.807, 2.05) is 26.2 Å². The van der Waals surface area contributed by atoms with Crippen LogP contribution in [-0.2, 0) is 9.53 Å². The third-order valence-corrected chi connectivity index (χ3v) is 5.08. The largest absolute Gasteiger partial charge is 0.452 e. The van der Waals surface area contributed by atoms with E-state index < -0.39 is 5.97 Å². The highest BCUT2D eigenvalue weighted by Gasteiger charge is 2.23. The first-order valence-corrected chi connectivity index (χ1v) is 9.52. The summed E-state index contributed by atoms with van der Waals surface area (Å²) in [4.78, 5) is 39.0. The fourth-order valence-corrected chi connectivity index (χ4v) is 3.02. The topological polar surface area (TPSA) is 75.7 Å². The Hall–Kier alpha value is -2.67. The highest BCUT2D eigenvalue weighted by Crippen LogP contribution is 2.23. The molecule has 1 heterocycles. The Kier molecular flexibility index (Phi) is 6.74. The van der Waals surface area contributed by atoms with Crippen LogP contribution in [0.4, 0.5) is 5.69 Å². The zero-order chi connectivity index (χ0) is 20.0. The molecular formula is C20H24N2O4S. The maximum atomic E-state index is 12.6. The van der Waals surface area contributed by atoms with Crippen molar-refractivity contribution in [2.24, 2.45) is 0 Å². The Labute approximate surface area is 163 Å². The lowest BCUT2D eigenvalue weighted by atomic mass is 10.0. The molecule has 0 aliphatic carbocycles. The second kappa shape index (κ2) is 8.81. The van der Waals surface area contributed by atoms with Crippen molar-refractivity contribution < 1.29 is 19.1 Å². The standard InChI is InChI=1S/C20H24N2O4S/c1-5-20(2,3)21-17(23)13-26-19(25)14-9-6-7-10-15(14)22(4)18(24)16-11-8-12-27-16/h6-12H,5,13H2,1-4H3,(H,21,23). The van der Waals surface area contributed by atoms with Gasteiger partial charge >= 0.3 is 5.97 Å². The first kappa shape index (κ1) is 20.6. The predicted octanol–water partition coefficient (Wildman–Crippen LogP) is 3.49. The molecule has 0 atom stereocenters. The number of nitrogens with one attached hydrogen (secondary N) is 1. The van der Waals surface area contributed by atoms with Gasteiger partial charge in [0.2, 0.25) is 0 Å². The zero-order valence-electron chi connectivity index (χ0n) is 15.9. The van der Waals surface area contributed by atoms with Gasteiger partial charge in [-0.3, -0.25) is 9.59 Å². The first-order valence-electron chi connectivity index (χ1n) is 8.64. The van der Waals surface area contributed by atoms with E-state index in [1.165, 1.54) is 16.2 Å². The Bertz CT molecular complexity index is 815. The summed E-state index contributed by atoms with van der Waals surface area (Å²) in [5.41, 5.74) is 0.289. The van der Waals surface area contributed by atoms with Crippen molar-refractivity contribution in [1.82, 2.24) is 5.32 Å². The number of hydrogen-bond acceptors (Lipinski definition) is 5. The lowest BCUT2D eigenvalue weighted by molar-refractivity contribution is -0.125. The lowest BCUT2D eigenvalue weighted by Gasteiger charge is -2.24. The van der Waals surface area contributed by atoms with E-state index in [9.17, 15) is 14.4 Å². The molecule has 1 N–H and O–H groups in total. The van der Waals surface area contributed by atoms with Crippen LogP contribution in [0.5, 0.6) is 0 Å². The molecule has 1 aromatic heterocycles. The molecule has 0 bridgehead atoms. The number of esters is 1. The van der Waals surface area contributed by atoms with Gasteiger partial charge in [-0.15, -0.1) is 11.3 Å². The fourth-order valence-electron chi connectivity index (χ4n) is 2.32. The quantitative estimate of drug-likeness (QED) is 0.737. The van der Waals surface area contributed by atoms with Gasteiger partial charge in [-0.2, -0.15) is 0 Å². The third-order valence-electron chi connectivity index (χ3n) is 4.22. The van der Waals surface area contributed by atoms with Crippen LogP contribution < -0.4 is 10.2 Å². The number of amides is 2. The number of thiophene rings is 1. The van der Waals surface area contributed by atoms with Crippen LogP contribution in [0.25, 0.3) is 0 Å². The molecule has 0 aliphatic rings. The smallest absolute Gasteiger partial charge is 0.340 e. The second-order valence-corrected chi connectivity index (χ2v) is 7.67. The third kappa shape index (κ3) is 5.40. The molecule has 0 unspecified atom stereocenters. The monoisotopic (exact) mass is 388 g/mol. The molecule has 144 valence electrons. The molecule has 2 aromatic rings. The van der Waals surface area contributed by atoms with Crippen LogP contribution in [0.1, 0.15) is 47.2 Å². The molecule has 7 heteroatoms. The highest BCUT2D eigenvalue weighted by molar-refractivity contribution is 7.12. The molecular weight excluding hydrogens is 364 g/mol. The van der Waals surface area contributed by atoms with Gasteiger partial charge in [0.05, 0.1) is 16.1 Å². The molecule has 0 saturated carbocycles. The Morgan fingerprint density at radius 1 is 1.15 bits per heavy atom. The average Bonchev–Trinajstić information content (AvgIpc) is 3.19. The molecule has 2 amide bonds. The molecule has 0 aliphatic heterocycles. The molecule has 2 rings (SSSR count). The number of carbonyl (C=O) groups excluding carboxylic acids is 3. The number of anilines is 1. The van der Waals surface area contributed by atoms with Gasteiger partial charge in [0, 0.05) is 12.6 Å². The van der Waals surface area contributed by atoms with E-state index >= 15 is 0 Å². The number of rotatable bonds is 7. The summed E-state index contributed by atoms with van der Waals surface area (Å²) in [6.45, 7) is 5.38. The van der Waals surface area contributed by atoms with Gasteiger partial charge in [-0.05, 0) is 43.8 Å². The molecule has 0 radical (unpaired) electrons. The van der Waals surface area contributed by atoms with E-state index in [0.29, 0.717) is 10.6 Å². The molecule has 27 heavy (non-hydrogen) atoms. The first-order chi connectivity index (χ1) is 12.7. The number of ether oxygens (including phenoxy) is 1. The Morgan fingerprint density at radius 2 is 1.85 bits per heavy atom. The van der Waals surface area contributed by atoms with Crippen molar-refractivity contribution in [2.75, 3.05) is 18.6 Å². The van der Waals surface area contributed by atoms with Crippen molar-refractivity contribution in [2.45, 2.75) is 32.7 Å². The van der Waals surface area contributed by atoms with Crippen molar-refractivity contribution in [3.63, 3.8) is 0 Å².